The van der Waals surface area contributed by atoms with Crippen LogP contribution in [0, 0.1) is 0 Å². The van der Waals surface area contributed by atoms with Gasteiger partial charge in [0.25, 0.3) is 0 Å². The normalized spacial score (nSPS) is 12.0. The molecule has 0 atom stereocenters. The zero-order chi connectivity index (χ0) is 18.0. The predicted molar refractivity (Wildman–Crippen MR) is 104 cm³/mol. The fourth-order valence-corrected chi connectivity index (χ4v) is 2.68. The number of likely N-dealkylation sites (N-methyl/N-ethyl adjacent to an activating group) is 1. The summed E-state index contributed by atoms with van der Waals surface area (Å²) in [5.41, 5.74) is 22.6. The van der Waals surface area contributed by atoms with E-state index in [2.05, 4.69) is 26.9 Å². The van der Waals surface area contributed by atoms with Crippen molar-refractivity contribution in [3.63, 3.8) is 0 Å². The number of hydrogen-bond acceptors (Lipinski definition) is 8. The molecule has 0 spiro atoms. The van der Waals surface area contributed by atoms with Crippen LogP contribution in [-0.2, 0) is 0 Å². The maximum Gasteiger partial charge on any atom is 0.0110 e. The van der Waals surface area contributed by atoms with Crippen LogP contribution in [0.25, 0.3) is 0 Å². The molecule has 0 heterocycles. The lowest BCUT2D eigenvalue weighted by Crippen LogP contribution is -2.44. The minimum atomic E-state index is 0.677. The Kier molecular flexibility index (Phi) is 17.3. The van der Waals surface area contributed by atoms with Crippen LogP contribution in [0.5, 0.6) is 0 Å². The van der Waals surface area contributed by atoms with E-state index < -0.39 is 0 Å². The Hall–Kier alpha value is -0.320. The van der Waals surface area contributed by atoms with E-state index in [9.17, 15) is 0 Å². The third-order valence-corrected chi connectivity index (χ3v) is 4.17. The molecule has 0 rings (SSSR count). The average Bonchev–Trinajstić information content (AvgIpc) is 2.59. The predicted octanol–water partition coefficient (Wildman–Crippen LogP) is -2.66. The van der Waals surface area contributed by atoms with Gasteiger partial charge < -0.3 is 33.2 Å². The molecule has 8 heteroatoms. The highest BCUT2D eigenvalue weighted by Crippen LogP contribution is 1.95. The van der Waals surface area contributed by atoms with Crippen LogP contribution in [0.4, 0.5) is 0 Å². The van der Waals surface area contributed by atoms with Gasteiger partial charge in [-0.1, -0.05) is 6.92 Å². The standard InChI is InChI=1S/C16H42N8/c1-2-22(12-8-21-7-3-17)13-14-24(11-6-20)16-15-23(9-4-18)10-5-19/h21H,2-20H2,1H3. The van der Waals surface area contributed by atoms with E-state index in [1.165, 1.54) is 0 Å². The summed E-state index contributed by atoms with van der Waals surface area (Å²) >= 11 is 0. The number of nitrogens with one attached hydrogen (secondary N) is 1. The highest BCUT2D eigenvalue weighted by molar-refractivity contribution is 4.68. The van der Waals surface area contributed by atoms with Gasteiger partial charge in [-0.15, -0.1) is 0 Å². The summed E-state index contributed by atoms with van der Waals surface area (Å²) < 4.78 is 0. The van der Waals surface area contributed by atoms with Gasteiger partial charge in [0, 0.05) is 91.6 Å². The van der Waals surface area contributed by atoms with Gasteiger partial charge >= 0.3 is 0 Å². The van der Waals surface area contributed by atoms with Crippen molar-refractivity contribution < 1.29 is 0 Å². The summed E-state index contributed by atoms with van der Waals surface area (Å²) in [5, 5.41) is 3.35. The van der Waals surface area contributed by atoms with Crippen LogP contribution in [0.2, 0.25) is 0 Å². The first-order valence-electron chi connectivity index (χ1n) is 9.39. The van der Waals surface area contributed by atoms with Crippen LogP contribution < -0.4 is 28.3 Å². The van der Waals surface area contributed by atoms with E-state index >= 15 is 0 Å². The first kappa shape index (κ1) is 23.7. The van der Waals surface area contributed by atoms with E-state index in [4.69, 9.17) is 22.9 Å². The Morgan fingerprint density at radius 1 is 0.542 bits per heavy atom. The molecule has 0 saturated carbocycles. The van der Waals surface area contributed by atoms with Gasteiger partial charge in [-0.2, -0.15) is 0 Å². The summed E-state index contributed by atoms with van der Waals surface area (Å²) in [6.45, 7) is 15.8. The van der Waals surface area contributed by atoms with Crippen LogP contribution >= 0.6 is 0 Å². The largest absolute Gasteiger partial charge is 0.329 e. The molecular weight excluding hydrogens is 304 g/mol. The average molecular weight is 347 g/mol. The number of hydrogen-bond donors (Lipinski definition) is 5. The molecule has 0 aliphatic heterocycles. The number of nitrogens with two attached hydrogens (primary N) is 4. The summed E-state index contributed by atoms with van der Waals surface area (Å²) in [7, 11) is 0. The van der Waals surface area contributed by atoms with E-state index in [1.54, 1.807) is 0 Å². The van der Waals surface area contributed by atoms with E-state index in [1.807, 2.05) is 0 Å². The van der Waals surface area contributed by atoms with Gasteiger partial charge in [0.15, 0.2) is 0 Å². The quantitative estimate of drug-likeness (QED) is 0.170. The number of nitrogens with zero attached hydrogens (tertiary/aromatic N) is 3. The summed E-state index contributed by atoms with van der Waals surface area (Å²) in [4.78, 5) is 7.23. The zero-order valence-electron chi connectivity index (χ0n) is 15.8. The lowest BCUT2D eigenvalue weighted by atomic mass is 10.3. The van der Waals surface area contributed by atoms with Gasteiger partial charge in [-0.3, -0.25) is 9.80 Å². The Balaban J connectivity index is 4.14. The second-order valence-electron chi connectivity index (χ2n) is 6.02. The Labute approximate surface area is 148 Å². The van der Waals surface area contributed by atoms with Crippen molar-refractivity contribution in [2.45, 2.75) is 6.92 Å². The van der Waals surface area contributed by atoms with Crippen molar-refractivity contribution in [2.75, 3.05) is 98.2 Å². The first-order chi connectivity index (χ1) is 11.7. The minimum absolute atomic E-state index is 0.677. The molecule has 9 N–H and O–H groups in total. The van der Waals surface area contributed by atoms with Crippen molar-refractivity contribution in [1.82, 2.24) is 20.0 Å². The van der Waals surface area contributed by atoms with Crippen molar-refractivity contribution in [3.8, 4) is 0 Å². The maximum absolute atomic E-state index is 5.77. The molecule has 8 nitrogen and oxygen atoms in total. The molecule has 0 aromatic carbocycles. The zero-order valence-corrected chi connectivity index (χ0v) is 15.8. The molecule has 0 aliphatic carbocycles. The maximum atomic E-state index is 5.77. The van der Waals surface area contributed by atoms with Gasteiger partial charge in [0.05, 0.1) is 0 Å². The van der Waals surface area contributed by atoms with Crippen LogP contribution in [0.1, 0.15) is 6.92 Å². The fourth-order valence-electron chi connectivity index (χ4n) is 2.68. The van der Waals surface area contributed by atoms with E-state index in [0.717, 1.165) is 72.0 Å². The molecular formula is C16H42N8. The third-order valence-electron chi connectivity index (χ3n) is 4.17. The molecule has 24 heavy (non-hydrogen) atoms. The highest BCUT2D eigenvalue weighted by atomic mass is 15.2. The monoisotopic (exact) mass is 346 g/mol. The van der Waals surface area contributed by atoms with Crippen molar-refractivity contribution in [3.05, 3.63) is 0 Å². The molecule has 0 radical (unpaired) electrons. The Morgan fingerprint density at radius 3 is 1.42 bits per heavy atom. The topological polar surface area (TPSA) is 126 Å². The summed E-state index contributed by atoms with van der Waals surface area (Å²) in [6.07, 6.45) is 0. The van der Waals surface area contributed by atoms with Gasteiger partial charge in [0.2, 0.25) is 0 Å². The van der Waals surface area contributed by atoms with Crippen LogP contribution in [-0.4, -0.2) is 113 Å². The van der Waals surface area contributed by atoms with E-state index in [-0.39, 0.29) is 0 Å². The van der Waals surface area contributed by atoms with E-state index in [0.29, 0.717) is 26.2 Å². The molecule has 0 unspecified atom stereocenters. The van der Waals surface area contributed by atoms with Crippen molar-refractivity contribution >= 4 is 0 Å². The minimum Gasteiger partial charge on any atom is -0.329 e. The molecule has 0 amide bonds. The molecule has 0 aromatic rings. The fraction of sp³-hybridized carbons (Fsp3) is 1.00. The molecule has 0 bridgehead atoms. The molecule has 146 valence electrons. The smallest absolute Gasteiger partial charge is 0.0110 e. The summed E-state index contributed by atoms with van der Waals surface area (Å²) in [6, 6.07) is 0. The molecule has 0 aliphatic rings. The SMILES string of the molecule is CCN(CCNCCN)CCN(CCN)CCN(CCN)CCN. The first-order valence-corrected chi connectivity index (χ1v) is 9.39. The van der Waals surface area contributed by atoms with Crippen molar-refractivity contribution in [1.29, 1.82) is 0 Å². The molecule has 0 fully saturated rings. The lowest BCUT2D eigenvalue weighted by molar-refractivity contribution is 0.183. The van der Waals surface area contributed by atoms with Crippen LogP contribution in [0.3, 0.4) is 0 Å². The molecule has 0 aromatic heterocycles. The number of rotatable bonds is 18. The lowest BCUT2D eigenvalue weighted by Gasteiger charge is -2.29. The van der Waals surface area contributed by atoms with Gasteiger partial charge in [0.1, 0.15) is 0 Å². The second kappa shape index (κ2) is 17.5. The molecule has 0 saturated heterocycles. The van der Waals surface area contributed by atoms with Gasteiger partial charge in [-0.25, -0.2) is 0 Å². The second-order valence-corrected chi connectivity index (χ2v) is 6.02. The van der Waals surface area contributed by atoms with Crippen LogP contribution in [0.15, 0.2) is 0 Å². The Bertz CT molecular complexity index is 248. The highest BCUT2D eigenvalue weighted by Gasteiger charge is 2.10. The summed E-state index contributed by atoms with van der Waals surface area (Å²) in [5.74, 6) is 0. The Morgan fingerprint density at radius 2 is 1.00 bits per heavy atom. The van der Waals surface area contributed by atoms with Gasteiger partial charge in [-0.05, 0) is 6.54 Å². The van der Waals surface area contributed by atoms with Crippen molar-refractivity contribution in [2.24, 2.45) is 22.9 Å². The third kappa shape index (κ3) is 13.0.